The van der Waals surface area contributed by atoms with E-state index in [1.165, 1.54) is 392 Å². The molecule has 0 aliphatic carbocycles. The van der Waals surface area contributed by atoms with Gasteiger partial charge < -0.3 is 20.3 Å². The minimum absolute atomic E-state index is 0.0140. The van der Waals surface area contributed by atoms with Crippen LogP contribution in [-0.4, -0.2) is 47.4 Å². The Balaban J connectivity index is 3.35. The smallest absolute Gasteiger partial charge is 0.305 e. The fourth-order valence-corrected chi connectivity index (χ4v) is 13.3. The van der Waals surface area contributed by atoms with Crippen molar-refractivity contribution < 1.29 is 24.5 Å². The van der Waals surface area contributed by atoms with Crippen LogP contribution >= 0.6 is 0 Å². The van der Waals surface area contributed by atoms with Gasteiger partial charge in [0, 0.05) is 12.8 Å². The van der Waals surface area contributed by atoms with E-state index in [9.17, 15) is 19.8 Å². The molecule has 0 aromatic rings. The van der Waals surface area contributed by atoms with Gasteiger partial charge >= 0.3 is 5.97 Å². The number of amides is 1. The monoisotopic (exact) mass is 1280 g/mol. The Bertz CT molecular complexity index is 1470. The van der Waals surface area contributed by atoms with Crippen molar-refractivity contribution in [1.29, 1.82) is 0 Å². The molecule has 2 unspecified atom stereocenters. The fourth-order valence-electron chi connectivity index (χ4n) is 13.3. The van der Waals surface area contributed by atoms with Crippen LogP contribution in [-0.2, 0) is 14.3 Å². The molecule has 0 rings (SSSR count). The number of esters is 1. The van der Waals surface area contributed by atoms with Crippen LogP contribution in [0, 0.1) is 0 Å². The molecule has 0 aromatic heterocycles. The molecule has 6 heteroatoms. The van der Waals surface area contributed by atoms with E-state index in [2.05, 4.69) is 43.5 Å². The van der Waals surface area contributed by atoms with Crippen molar-refractivity contribution in [1.82, 2.24) is 5.32 Å². The second-order valence-electron chi connectivity index (χ2n) is 28.8. The lowest BCUT2D eigenvalue weighted by Gasteiger charge is -2.20. The normalized spacial score (nSPS) is 12.6. The number of ether oxygens (including phenoxy) is 1. The number of nitrogens with one attached hydrogen (secondary N) is 1. The zero-order valence-corrected chi connectivity index (χ0v) is 61.9. The van der Waals surface area contributed by atoms with Gasteiger partial charge in [-0.1, -0.05) is 429 Å². The van der Waals surface area contributed by atoms with Crippen molar-refractivity contribution in [2.24, 2.45) is 0 Å². The maximum absolute atomic E-state index is 12.6. The van der Waals surface area contributed by atoms with Gasteiger partial charge in [0.2, 0.25) is 5.91 Å². The van der Waals surface area contributed by atoms with Crippen LogP contribution in [0.2, 0.25) is 0 Å². The molecule has 91 heavy (non-hydrogen) atoms. The third kappa shape index (κ3) is 77.0. The van der Waals surface area contributed by atoms with Crippen LogP contribution < -0.4 is 5.32 Å². The Morgan fingerprint density at radius 2 is 0.549 bits per heavy atom. The van der Waals surface area contributed by atoms with Crippen molar-refractivity contribution in [3.8, 4) is 0 Å². The summed E-state index contributed by atoms with van der Waals surface area (Å²) in [6.07, 6.45) is 106. The van der Waals surface area contributed by atoms with E-state index < -0.39 is 12.1 Å². The van der Waals surface area contributed by atoms with Crippen LogP contribution in [0.5, 0.6) is 0 Å². The molecule has 0 saturated heterocycles. The number of rotatable bonds is 79. The molecular formula is C85H163NO5. The minimum Gasteiger partial charge on any atom is -0.466 e. The highest BCUT2D eigenvalue weighted by atomic mass is 16.5. The summed E-state index contributed by atoms with van der Waals surface area (Å²) in [5.74, 6) is -0.0444. The standard InChI is InChI=1S/C85H163NO5/c1-3-5-7-9-11-13-15-17-19-21-23-24-25-33-36-39-42-45-49-53-57-61-65-69-73-77-83(88)82(81-87)86-84(89)78-74-70-66-62-58-54-50-46-43-40-37-34-31-29-27-26-28-30-32-35-38-41-44-48-52-56-60-64-68-72-76-80-91-85(90)79-75-71-67-63-59-55-51-47-22-20-18-16-14-12-10-8-6-4-2/h14,16,20,22,73,77,82-83,87-88H,3-13,15,17-19,21,23-72,74-76,78-81H2,1-2H3,(H,86,89)/b16-14-,22-20-,77-73+. The summed E-state index contributed by atoms with van der Waals surface area (Å²) in [6, 6.07) is -0.627. The average molecular weight is 1280 g/mol. The molecule has 0 aliphatic heterocycles. The second-order valence-corrected chi connectivity index (χ2v) is 28.8. The average Bonchev–Trinajstić information content (AvgIpc) is 3.65. The second kappa shape index (κ2) is 80.5. The van der Waals surface area contributed by atoms with Crippen LogP contribution in [0.3, 0.4) is 0 Å². The number of aliphatic hydroxyl groups is 2. The summed E-state index contributed by atoms with van der Waals surface area (Å²) in [5.41, 5.74) is 0. The molecule has 0 bridgehead atoms. The summed E-state index contributed by atoms with van der Waals surface area (Å²) in [7, 11) is 0. The quantitative estimate of drug-likeness (QED) is 0.0320. The van der Waals surface area contributed by atoms with Gasteiger partial charge in [-0.25, -0.2) is 0 Å². The predicted molar refractivity (Wildman–Crippen MR) is 403 cm³/mol. The third-order valence-corrected chi connectivity index (χ3v) is 19.7. The Kier molecular flexibility index (Phi) is 78.8. The summed E-state index contributed by atoms with van der Waals surface area (Å²) in [6.45, 7) is 4.94. The van der Waals surface area contributed by atoms with Gasteiger partial charge in [0.05, 0.1) is 25.4 Å². The number of hydrogen-bond acceptors (Lipinski definition) is 5. The lowest BCUT2D eigenvalue weighted by molar-refractivity contribution is -0.143. The fraction of sp³-hybridized carbons (Fsp3) is 0.906. The Morgan fingerprint density at radius 1 is 0.308 bits per heavy atom. The van der Waals surface area contributed by atoms with E-state index in [0.29, 0.717) is 19.4 Å². The van der Waals surface area contributed by atoms with E-state index >= 15 is 0 Å². The van der Waals surface area contributed by atoms with Gasteiger partial charge in [0.15, 0.2) is 0 Å². The molecular weight excluding hydrogens is 1110 g/mol. The molecule has 0 fully saturated rings. The largest absolute Gasteiger partial charge is 0.466 e. The van der Waals surface area contributed by atoms with Gasteiger partial charge in [0.1, 0.15) is 0 Å². The highest BCUT2D eigenvalue weighted by Gasteiger charge is 2.18. The highest BCUT2D eigenvalue weighted by molar-refractivity contribution is 5.76. The minimum atomic E-state index is -0.844. The van der Waals surface area contributed by atoms with Crippen molar-refractivity contribution in [2.75, 3.05) is 13.2 Å². The SMILES string of the molecule is CCCCCC/C=C\C/C=C\CCCCCCCCCC(=O)OCCCCCCCCCCCCCCCCCCCCCCCCCCCCCCCCCC(=O)NC(CO)C(O)/C=C/CCCCCCCCCCCCCCCCCCCCCCCCC. The van der Waals surface area contributed by atoms with Crippen molar-refractivity contribution in [2.45, 2.75) is 482 Å². The van der Waals surface area contributed by atoms with Gasteiger partial charge in [-0.2, -0.15) is 0 Å². The van der Waals surface area contributed by atoms with Crippen LogP contribution in [0.15, 0.2) is 36.5 Å². The maximum Gasteiger partial charge on any atom is 0.305 e. The lowest BCUT2D eigenvalue weighted by Crippen LogP contribution is -2.45. The molecule has 0 aromatic carbocycles. The van der Waals surface area contributed by atoms with E-state index in [1.807, 2.05) is 6.08 Å². The first-order valence-corrected chi connectivity index (χ1v) is 41.8. The number of carbonyl (C=O) groups excluding carboxylic acids is 2. The van der Waals surface area contributed by atoms with Gasteiger partial charge in [-0.15, -0.1) is 0 Å². The zero-order chi connectivity index (χ0) is 65.6. The van der Waals surface area contributed by atoms with Crippen molar-refractivity contribution in [3.05, 3.63) is 36.5 Å². The Morgan fingerprint density at radius 3 is 0.846 bits per heavy atom. The van der Waals surface area contributed by atoms with Crippen LogP contribution in [0.25, 0.3) is 0 Å². The summed E-state index contributed by atoms with van der Waals surface area (Å²) in [4.78, 5) is 24.7. The van der Waals surface area contributed by atoms with Crippen LogP contribution in [0.4, 0.5) is 0 Å². The molecule has 0 aliphatic rings. The highest BCUT2D eigenvalue weighted by Crippen LogP contribution is 2.20. The van der Waals surface area contributed by atoms with Crippen molar-refractivity contribution >= 4 is 11.9 Å². The van der Waals surface area contributed by atoms with E-state index in [-0.39, 0.29) is 18.5 Å². The Labute approximate surface area is 570 Å². The number of unbranched alkanes of at least 4 members (excludes halogenated alkanes) is 64. The summed E-state index contributed by atoms with van der Waals surface area (Å²) in [5, 5.41) is 23.3. The third-order valence-electron chi connectivity index (χ3n) is 19.7. The van der Waals surface area contributed by atoms with Gasteiger partial charge in [-0.3, -0.25) is 9.59 Å². The van der Waals surface area contributed by atoms with Gasteiger partial charge in [-0.05, 0) is 64.2 Å². The molecule has 1 amide bonds. The first-order valence-electron chi connectivity index (χ1n) is 41.8. The Hall–Kier alpha value is -1.92. The molecule has 0 radical (unpaired) electrons. The van der Waals surface area contributed by atoms with E-state index in [4.69, 9.17) is 4.74 Å². The summed E-state index contributed by atoms with van der Waals surface area (Å²) >= 11 is 0. The molecule has 2 atom stereocenters. The first-order chi connectivity index (χ1) is 45.0. The summed E-state index contributed by atoms with van der Waals surface area (Å²) < 4.78 is 5.51. The zero-order valence-electron chi connectivity index (χ0n) is 61.9. The molecule has 538 valence electrons. The molecule has 0 heterocycles. The van der Waals surface area contributed by atoms with Crippen LogP contribution in [0.1, 0.15) is 470 Å². The number of hydrogen-bond donors (Lipinski definition) is 3. The van der Waals surface area contributed by atoms with E-state index in [1.54, 1.807) is 6.08 Å². The van der Waals surface area contributed by atoms with Gasteiger partial charge in [0.25, 0.3) is 0 Å². The number of carbonyl (C=O) groups is 2. The predicted octanol–water partition coefficient (Wildman–Crippen LogP) is 27.8. The molecule has 0 saturated carbocycles. The first kappa shape index (κ1) is 89.1. The molecule has 3 N–H and O–H groups in total. The number of aliphatic hydroxyl groups excluding tert-OH is 2. The van der Waals surface area contributed by atoms with E-state index in [0.717, 1.165) is 51.4 Å². The molecule has 6 nitrogen and oxygen atoms in total. The topological polar surface area (TPSA) is 95.9 Å². The maximum atomic E-state index is 12.6. The molecule has 0 spiro atoms. The number of allylic oxidation sites excluding steroid dienone is 5. The van der Waals surface area contributed by atoms with Crippen molar-refractivity contribution in [3.63, 3.8) is 0 Å². The lowest BCUT2D eigenvalue weighted by atomic mass is 10.0.